The van der Waals surface area contributed by atoms with Gasteiger partial charge in [-0.15, -0.1) is 5.10 Å². The summed E-state index contributed by atoms with van der Waals surface area (Å²) in [7, 11) is 1.37. The van der Waals surface area contributed by atoms with Crippen LogP contribution in [0, 0.1) is 5.82 Å². The van der Waals surface area contributed by atoms with E-state index in [1.54, 1.807) is 24.3 Å². The first-order chi connectivity index (χ1) is 14.2. The maximum Gasteiger partial charge on any atom is 0.435 e. The number of amides is 1. The van der Waals surface area contributed by atoms with E-state index in [9.17, 15) is 22.4 Å². The van der Waals surface area contributed by atoms with Crippen LogP contribution >= 0.6 is 0 Å². The van der Waals surface area contributed by atoms with E-state index in [2.05, 4.69) is 10.3 Å². The standard InChI is InChI=1S/C20H18F4N4O2/c1-3-30-16-10-4-13(5-11-16)12-27(2)19(29)17-18(20(22,23)24)28(26-25-17)15-8-6-14(21)7-9-15/h4-11H,3,12H2,1-2H3. The lowest BCUT2D eigenvalue weighted by atomic mass is 10.2. The fourth-order valence-corrected chi connectivity index (χ4v) is 2.83. The summed E-state index contributed by atoms with van der Waals surface area (Å²) in [6.45, 7) is 2.41. The fraction of sp³-hybridized carbons (Fsp3) is 0.250. The number of carbonyl (C=O) groups excluding carboxylic acids is 1. The van der Waals surface area contributed by atoms with Gasteiger partial charge in [0.25, 0.3) is 5.91 Å². The number of alkyl halides is 3. The predicted octanol–water partition coefficient (Wildman–Crippen LogP) is 4.10. The Bertz CT molecular complexity index is 1010. The molecule has 10 heteroatoms. The van der Waals surface area contributed by atoms with E-state index in [1.165, 1.54) is 7.05 Å². The number of aromatic nitrogens is 3. The van der Waals surface area contributed by atoms with Gasteiger partial charge < -0.3 is 9.64 Å². The Morgan fingerprint density at radius 1 is 1.10 bits per heavy atom. The van der Waals surface area contributed by atoms with Gasteiger partial charge in [-0.1, -0.05) is 17.3 Å². The van der Waals surface area contributed by atoms with Crippen molar-refractivity contribution in [2.24, 2.45) is 0 Å². The van der Waals surface area contributed by atoms with E-state index in [0.29, 0.717) is 22.6 Å². The Morgan fingerprint density at radius 2 is 1.73 bits per heavy atom. The van der Waals surface area contributed by atoms with Gasteiger partial charge in [-0.2, -0.15) is 13.2 Å². The van der Waals surface area contributed by atoms with Crippen LogP contribution < -0.4 is 4.74 Å². The summed E-state index contributed by atoms with van der Waals surface area (Å²) in [5.41, 5.74) is -1.52. The molecule has 0 spiro atoms. The predicted molar refractivity (Wildman–Crippen MR) is 99.7 cm³/mol. The molecule has 0 unspecified atom stereocenters. The highest BCUT2D eigenvalue weighted by atomic mass is 19.4. The normalized spacial score (nSPS) is 11.4. The molecule has 0 aliphatic heterocycles. The van der Waals surface area contributed by atoms with E-state index in [4.69, 9.17) is 4.74 Å². The topological polar surface area (TPSA) is 60.2 Å². The zero-order valence-corrected chi connectivity index (χ0v) is 16.2. The van der Waals surface area contributed by atoms with Crippen molar-refractivity contribution in [3.63, 3.8) is 0 Å². The molecule has 0 bridgehead atoms. The summed E-state index contributed by atoms with van der Waals surface area (Å²) >= 11 is 0. The minimum absolute atomic E-state index is 0.0615. The number of rotatable bonds is 6. The molecule has 30 heavy (non-hydrogen) atoms. The molecule has 0 radical (unpaired) electrons. The molecule has 0 N–H and O–H groups in total. The third-order valence-electron chi connectivity index (χ3n) is 4.21. The first kappa shape index (κ1) is 21.3. The van der Waals surface area contributed by atoms with Crippen LogP contribution in [0.2, 0.25) is 0 Å². The fourth-order valence-electron chi connectivity index (χ4n) is 2.83. The molecule has 0 aliphatic rings. The van der Waals surface area contributed by atoms with Crippen molar-refractivity contribution in [3.8, 4) is 11.4 Å². The maximum atomic E-state index is 13.7. The highest BCUT2D eigenvalue weighted by Crippen LogP contribution is 2.33. The quantitative estimate of drug-likeness (QED) is 0.562. The van der Waals surface area contributed by atoms with Gasteiger partial charge in [-0.25, -0.2) is 9.07 Å². The van der Waals surface area contributed by atoms with Crippen LogP contribution in [0.15, 0.2) is 48.5 Å². The summed E-state index contributed by atoms with van der Waals surface area (Å²) in [5.74, 6) is -0.903. The largest absolute Gasteiger partial charge is 0.494 e. The van der Waals surface area contributed by atoms with Crippen molar-refractivity contribution in [1.29, 1.82) is 0 Å². The molecule has 0 fully saturated rings. The lowest BCUT2D eigenvalue weighted by molar-refractivity contribution is -0.143. The Hall–Kier alpha value is -3.43. The average molecular weight is 422 g/mol. The van der Waals surface area contributed by atoms with Crippen molar-refractivity contribution in [2.45, 2.75) is 19.6 Å². The van der Waals surface area contributed by atoms with Crippen LogP contribution in [-0.4, -0.2) is 39.5 Å². The van der Waals surface area contributed by atoms with E-state index < -0.39 is 29.3 Å². The van der Waals surface area contributed by atoms with Gasteiger partial charge in [0.15, 0.2) is 11.4 Å². The highest BCUT2D eigenvalue weighted by Gasteiger charge is 2.42. The molecular formula is C20H18F4N4O2. The number of halogens is 4. The summed E-state index contributed by atoms with van der Waals surface area (Å²) in [5, 5.41) is 6.96. The molecular weight excluding hydrogens is 404 g/mol. The second-order valence-corrected chi connectivity index (χ2v) is 6.41. The van der Waals surface area contributed by atoms with E-state index >= 15 is 0 Å². The molecule has 1 heterocycles. The maximum absolute atomic E-state index is 13.7. The summed E-state index contributed by atoms with van der Waals surface area (Å²) in [6, 6.07) is 11.1. The van der Waals surface area contributed by atoms with Crippen molar-refractivity contribution < 1.29 is 27.1 Å². The first-order valence-corrected chi connectivity index (χ1v) is 8.96. The molecule has 0 atom stereocenters. The molecule has 3 aromatic rings. The van der Waals surface area contributed by atoms with Crippen LogP contribution in [-0.2, 0) is 12.7 Å². The minimum Gasteiger partial charge on any atom is -0.494 e. The molecule has 158 valence electrons. The monoisotopic (exact) mass is 422 g/mol. The molecule has 2 aromatic carbocycles. The second-order valence-electron chi connectivity index (χ2n) is 6.41. The van der Waals surface area contributed by atoms with Crippen LogP contribution in [0.25, 0.3) is 5.69 Å². The Labute approximate surface area is 169 Å². The summed E-state index contributed by atoms with van der Waals surface area (Å²) in [6.07, 6.45) is -4.90. The van der Waals surface area contributed by atoms with Gasteiger partial charge in [0, 0.05) is 13.6 Å². The van der Waals surface area contributed by atoms with Crippen molar-refractivity contribution >= 4 is 5.91 Å². The van der Waals surface area contributed by atoms with E-state index in [1.807, 2.05) is 6.92 Å². The number of nitrogens with zero attached hydrogens (tertiary/aromatic N) is 4. The van der Waals surface area contributed by atoms with Crippen molar-refractivity contribution in [1.82, 2.24) is 19.9 Å². The van der Waals surface area contributed by atoms with Crippen LogP contribution in [0.5, 0.6) is 5.75 Å². The first-order valence-electron chi connectivity index (χ1n) is 8.96. The summed E-state index contributed by atoms with van der Waals surface area (Å²) in [4.78, 5) is 13.8. The van der Waals surface area contributed by atoms with Gasteiger partial charge in [0.2, 0.25) is 0 Å². The van der Waals surface area contributed by atoms with E-state index in [-0.39, 0.29) is 12.2 Å². The molecule has 6 nitrogen and oxygen atoms in total. The highest BCUT2D eigenvalue weighted by molar-refractivity contribution is 5.93. The molecule has 0 saturated heterocycles. The molecule has 1 amide bonds. The summed E-state index contributed by atoms with van der Waals surface area (Å²) < 4.78 is 60.1. The van der Waals surface area contributed by atoms with Crippen LogP contribution in [0.4, 0.5) is 17.6 Å². The number of benzene rings is 2. The zero-order chi connectivity index (χ0) is 21.9. The van der Waals surface area contributed by atoms with E-state index in [0.717, 1.165) is 29.2 Å². The molecule has 0 saturated carbocycles. The van der Waals surface area contributed by atoms with Gasteiger partial charge in [0.05, 0.1) is 12.3 Å². The van der Waals surface area contributed by atoms with Gasteiger partial charge in [0.1, 0.15) is 11.6 Å². The lowest BCUT2D eigenvalue weighted by Crippen LogP contribution is -2.29. The Morgan fingerprint density at radius 3 is 2.30 bits per heavy atom. The molecule has 1 aromatic heterocycles. The number of hydrogen-bond acceptors (Lipinski definition) is 4. The Balaban J connectivity index is 1.88. The SMILES string of the molecule is CCOc1ccc(CN(C)C(=O)c2nnn(-c3ccc(F)cc3)c2C(F)(F)F)cc1. The lowest BCUT2D eigenvalue weighted by Gasteiger charge is -2.18. The van der Waals surface area contributed by atoms with Crippen molar-refractivity contribution in [3.05, 3.63) is 71.3 Å². The number of carbonyl (C=O) groups is 1. The zero-order valence-electron chi connectivity index (χ0n) is 16.2. The van der Waals surface area contributed by atoms with Crippen molar-refractivity contribution in [2.75, 3.05) is 13.7 Å². The Kier molecular flexibility index (Phi) is 6.04. The van der Waals surface area contributed by atoms with Gasteiger partial charge in [-0.3, -0.25) is 4.79 Å². The number of hydrogen-bond donors (Lipinski definition) is 0. The van der Waals surface area contributed by atoms with Gasteiger partial charge >= 0.3 is 6.18 Å². The minimum atomic E-state index is -4.90. The third-order valence-corrected chi connectivity index (χ3v) is 4.21. The van der Waals surface area contributed by atoms with Gasteiger partial charge in [-0.05, 0) is 48.9 Å². The second kappa shape index (κ2) is 8.52. The van der Waals surface area contributed by atoms with Crippen LogP contribution in [0.1, 0.15) is 28.7 Å². The average Bonchev–Trinajstić information content (AvgIpc) is 3.15. The smallest absolute Gasteiger partial charge is 0.435 e. The third kappa shape index (κ3) is 4.58. The number of ether oxygens (including phenoxy) is 1. The molecule has 3 rings (SSSR count). The molecule has 0 aliphatic carbocycles. The van der Waals surface area contributed by atoms with Crippen LogP contribution in [0.3, 0.4) is 0 Å².